The molecule has 0 aromatic heterocycles. The molecule has 1 unspecified atom stereocenters. The van der Waals surface area contributed by atoms with Crippen molar-refractivity contribution in [1.82, 2.24) is 10.6 Å². The molecule has 1 atom stereocenters. The molecule has 0 fully saturated rings. The zero-order chi connectivity index (χ0) is 19.4. The minimum atomic E-state index is -1.20. The molecule has 142 valence electrons. The molecule has 0 saturated heterocycles. The number of ether oxygens (including phenoxy) is 2. The van der Waals surface area contributed by atoms with E-state index in [1.54, 1.807) is 13.8 Å². The van der Waals surface area contributed by atoms with Gasteiger partial charge in [0.05, 0.1) is 6.04 Å². The standard InChI is InChI=1S/C21H24N2O4/c1-14(16-7-5-4-6-8-16)23-20(25)21(2,3)19(24)22-12-15-9-10-17-18(11-15)27-13-26-17/h4-11,14H,12-13H2,1-3H3,(H,22,24)(H,23,25). The first-order chi connectivity index (χ1) is 12.9. The molecule has 0 spiro atoms. The summed E-state index contributed by atoms with van der Waals surface area (Å²) in [4.78, 5) is 25.2. The van der Waals surface area contributed by atoms with E-state index in [9.17, 15) is 9.59 Å². The van der Waals surface area contributed by atoms with Crippen molar-refractivity contribution in [1.29, 1.82) is 0 Å². The highest BCUT2D eigenvalue weighted by Gasteiger charge is 2.36. The van der Waals surface area contributed by atoms with E-state index in [-0.39, 0.29) is 24.6 Å². The topological polar surface area (TPSA) is 76.7 Å². The molecule has 0 radical (unpaired) electrons. The van der Waals surface area contributed by atoms with Crippen molar-refractivity contribution in [2.45, 2.75) is 33.4 Å². The van der Waals surface area contributed by atoms with Crippen molar-refractivity contribution < 1.29 is 19.1 Å². The molecule has 3 rings (SSSR count). The van der Waals surface area contributed by atoms with E-state index in [0.29, 0.717) is 18.0 Å². The predicted molar refractivity (Wildman–Crippen MR) is 101 cm³/mol. The molecule has 2 amide bonds. The minimum absolute atomic E-state index is 0.181. The van der Waals surface area contributed by atoms with Gasteiger partial charge in [-0.1, -0.05) is 36.4 Å². The molecule has 0 aliphatic carbocycles. The van der Waals surface area contributed by atoms with Crippen molar-refractivity contribution in [3.8, 4) is 11.5 Å². The average Bonchev–Trinajstić information content (AvgIpc) is 3.14. The van der Waals surface area contributed by atoms with Crippen molar-refractivity contribution in [2.75, 3.05) is 6.79 Å². The number of nitrogens with one attached hydrogen (secondary N) is 2. The third kappa shape index (κ3) is 4.22. The second kappa shape index (κ2) is 7.70. The molecular formula is C21H24N2O4. The van der Waals surface area contributed by atoms with Crippen LogP contribution in [-0.4, -0.2) is 18.6 Å². The SMILES string of the molecule is CC(NC(=O)C(C)(C)C(=O)NCc1ccc2c(c1)OCO2)c1ccccc1. The van der Waals surface area contributed by atoms with Crippen LogP contribution in [0.3, 0.4) is 0 Å². The van der Waals surface area contributed by atoms with Crippen LogP contribution >= 0.6 is 0 Å². The van der Waals surface area contributed by atoms with Gasteiger partial charge < -0.3 is 20.1 Å². The maximum Gasteiger partial charge on any atom is 0.235 e. The van der Waals surface area contributed by atoms with E-state index in [1.165, 1.54) is 0 Å². The molecule has 2 N–H and O–H groups in total. The second-order valence-electron chi connectivity index (χ2n) is 7.10. The van der Waals surface area contributed by atoms with E-state index in [0.717, 1.165) is 11.1 Å². The zero-order valence-corrected chi connectivity index (χ0v) is 15.7. The average molecular weight is 368 g/mol. The number of hydrogen-bond acceptors (Lipinski definition) is 4. The molecule has 1 aliphatic heterocycles. The fourth-order valence-corrected chi connectivity index (χ4v) is 2.76. The molecule has 1 aliphatic rings. The van der Waals surface area contributed by atoms with Crippen LogP contribution < -0.4 is 20.1 Å². The number of amides is 2. The molecule has 2 aromatic carbocycles. The lowest BCUT2D eigenvalue weighted by atomic mass is 9.90. The van der Waals surface area contributed by atoms with E-state index >= 15 is 0 Å². The van der Waals surface area contributed by atoms with Crippen LogP contribution in [0.5, 0.6) is 11.5 Å². The first kappa shape index (κ1) is 18.8. The summed E-state index contributed by atoms with van der Waals surface area (Å²) >= 11 is 0. The Labute approximate surface area is 158 Å². The third-order valence-corrected chi connectivity index (χ3v) is 4.67. The van der Waals surface area contributed by atoms with Gasteiger partial charge in [-0.2, -0.15) is 0 Å². The van der Waals surface area contributed by atoms with Gasteiger partial charge >= 0.3 is 0 Å². The Balaban J connectivity index is 1.58. The summed E-state index contributed by atoms with van der Waals surface area (Å²) in [7, 11) is 0. The van der Waals surface area contributed by atoms with Crippen LogP contribution in [0.25, 0.3) is 0 Å². The van der Waals surface area contributed by atoms with Gasteiger partial charge in [-0.05, 0) is 44.0 Å². The number of fused-ring (bicyclic) bond motifs is 1. The summed E-state index contributed by atoms with van der Waals surface area (Å²) in [5, 5.41) is 5.74. The highest BCUT2D eigenvalue weighted by atomic mass is 16.7. The molecular weight excluding hydrogens is 344 g/mol. The number of hydrogen-bond donors (Lipinski definition) is 2. The van der Waals surface area contributed by atoms with Crippen LogP contribution in [0, 0.1) is 5.41 Å². The highest BCUT2D eigenvalue weighted by Crippen LogP contribution is 2.32. The summed E-state index contributed by atoms with van der Waals surface area (Å²) in [6, 6.07) is 15.0. The second-order valence-corrected chi connectivity index (χ2v) is 7.10. The highest BCUT2D eigenvalue weighted by molar-refractivity contribution is 6.04. The molecule has 0 saturated carbocycles. The maximum absolute atomic E-state index is 12.6. The van der Waals surface area contributed by atoms with Crippen LogP contribution in [0.2, 0.25) is 0 Å². The van der Waals surface area contributed by atoms with Crippen LogP contribution in [0.15, 0.2) is 48.5 Å². The summed E-state index contributed by atoms with van der Waals surface area (Å²) in [5.41, 5.74) is 0.670. The third-order valence-electron chi connectivity index (χ3n) is 4.67. The molecule has 6 heteroatoms. The van der Waals surface area contributed by atoms with Gasteiger partial charge in [-0.3, -0.25) is 9.59 Å². The first-order valence-corrected chi connectivity index (χ1v) is 8.90. The van der Waals surface area contributed by atoms with Gasteiger partial charge in [-0.15, -0.1) is 0 Å². The Kier molecular flexibility index (Phi) is 5.35. The number of rotatable bonds is 6. The summed E-state index contributed by atoms with van der Waals surface area (Å²) < 4.78 is 10.6. The monoisotopic (exact) mass is 368 g/mol. The molecule has 2 aromatic rings. The summed E-state index contributed by atoms with van der Waals surface area (Å²) in [6.45, 7) is 5.65. The summed E-state index contributed by atoms with van der Waals surface area (Å²) in [5.74, 6) is 0.704. The van der Waals surface area contributed by atoms with Gasteiger partial charge in [-0.25, -0.2) is 0 Å². The van der Waals surface area contributed by atoms with Crippen LogP contribution in [0.1, 0.15) is 37.9 Å². The van der Waals surface area contributed by atoms with Gasteiger partial charge in [0, 0.05) is 6.54 Å². The van der Waals surface area contributed by atoms with Crippen LogP contribution in [-0.2, 0) is 16.1 Å². The van der Waals surface area contributed by atoms with Gasteiger partial charge in [0.15, 0.2) is 11.5 Å². The zero-order valence-electron chi connectivity index (χ0n) is 15.7. The van der Waals surface area contributed by atoms with Crippen molar-refractivity contribution in [3.05, 3.63) is 59.7 Å². The quantitative estimate of drug-likeness (QED) is 0.769. The molecule has 0 bridgehead atoms. The molecule has 1 heterocycles. The van der Waals surface area contributed by atoms with E-state index in [4.69, 9.17) is 9.47 Å². The van der Waals surface area contributed by atoms with Crippen molar-refractivity contribution >= 4 is 11.8 Å². The van der Waals surface area contributed by atoms with E-state index in [2.05, 4.69) is 10.6 Å². The Morgan fingerprint density at radius 3 is 2.48 bits per heavy atom. The fourth-order valence-electron chi connectivity index (χ4n) is 2.76. The lowest BCUT2D eigenvalue weighted by molar-refractivity contribution is -0.141. The van der Waals surface area contributed by atoms with Crippen molar-refractivity contribution in [2.24, 2.45) is 5.41 Å². The number of carbonyl (C=O) groups is 2. The van der Waals surface area contributed by atoms with Crippen molar-refractivity contribution in [3.63, 3.8) is 0 Å². The first-order valence-electron chi connectivity index (χ1n) is 8.90. The van der Waals surface area contributed by atoms with Crippen LogP contribution in [0.4, 0.5) is 0 Å². The number of carbonyl (C=O) groups excluding carboxylic acids is 2. The van der Waals surface area contributed by atoms with E-state index < -0.39 is 5.41 Å². The van der Waals surface area contributed by atoms with Gasteiger partial charge in [0.1, 0.15) is 5.41 Å². The lowest BCUT2D eigenvalue weighted by Crippen LogP contribution is -2.48. The Hall–Kier alpha value is -3.02. The smallest absolute Gasteiger partial charge is 0.235 e. The fraction of sp³-hybridized carbons (Fsp3) is 0.333. The Morgan fingerprint density at radius 1 is 1.04 bits per heavy atom. The summed E-state index contributed by atoms with van der Waals surface area (Å²) in [6.07, 6.45) is 0. The van der Waals surface area contributed by atoms with Gasteiger partial charge in [0.2, 0.25) is 18.6 Å². The molecule has 27 heavy (non-hydrogen) atoms. The Morgan fingerprint density at radius 2 is 1.74 bits per heavy atom. The largest absolute Gasteiger partial charge is 0.454 e. The predicted octanol–water partition coefficient (Wildman–Crippen LogP) is 2.94. The minimum Gasteiger partial charge on any atom is -0.454 e. The normalized spacial score (nSPS) is 13.7. The maximum atomic E-state index is 12.6. The number of benzene rings is 2. The molecule has 6 nitrogen and oxygen atoms in total. The Bertz CT molecular complexity index is 833. The lowest BCUT2D eigenvalue weighted by Gasteiger charge is -2.25. The van der Waals surface area contributed by atoms with Gasteiger partial charge in [0.25, 0.3) is 0 Å². The van der Waals surface area contributed by atoms with E-state index in [1.807, 2.05) is 55.5 Å².